The van der Waals surface area contributed by atoms with Crippen LogP contribution in [0.3, 0.4) is 0 Å². The Balaban J connectivity index is 1.38. The minimum Gasteiger partial charge on any atom is -0.489 e. The number of ether oxygens (including phenoxy) is 1. The van der Waals surface area contributed by atoms with E-state index in [9.17, 15) is 4.79 Å². The molecule has 0 saturated heterocycles. The summed E-state index contributed by atoms with van der Waals surface area (Å²) in [5.41, 5.74) is 4.78. The number of anilines is 1. The molecule has 0 bridgehead atoms. The molecule has 0 atom stereocenters. The van der Waals surface area contributed by atoms with Gasteiger partial charge in [0, 0.05) is 22.8 Å². The molecule has 1 aromatic heterocycles. The van der Waals surface area contributed by atoms with Gasteiger partial charge in [-0.05, 0) is 60.9 Å². The summed E-state index contributed by atoms with van der Waals surface area (Å²) in [4.78, 5) is 12.7. The van der Waals surface area contributed by atoms with Gasteiger partial charge in [-0.15, -0.1) is 0 Å². The molecule has 0 spiro atoms. The number of amides is 1. The van der Waals surface area contributed by atoms with Crippen LogP contribution in [0.5, 0.6) is 5.75 Å². The van der Waals surface area contributed by atoms with Crippen LogP contribution in [0.1, 0.15) is 32.6 Å². The topological polar surface area (TPSA) is 56.2 Å². The van der Waals surface area contributed by atoms with Gasteiger partial charge in [0.25, 0.3) is 5.91 Å². The summed E-state index contributed by atoms with van der Waals surface area (Å²) in [6.45, 7) is 5.01. The zero-order chi connectivity index (χ0) is 22.5. The summed E-state index contributed by atoms with van der Waals surface area (Å²) in [5, 5.41) is 8.01. The van der Waals surface area contributed by atoms with Crippen LogP contribution in [0.25, 0.3) is 0 Å². The van der Waals surface area contributed by atoms with Crippen LogP contribution in [0.2, 0.25) is 5.02 Å². The average molecular weight is 446 g/mol. The smallest absolute Gasteiger partial charge is 0.256 e. The van der Waals surface area contributed by atoms with Crippen LogP contribution in [-0.2, 0) is 13.2 Å². The fourth-order valence-corrected chi connectivity index (χ4v) is 3.67. The number of halogens is 1. The molecule has 4 aromatic rings. The summed E-state index contributed by atoms with van der Waals surface area (Å²) in [6.07, 6.45) is 1.86. The maximum absolute atomic E-state index is 12.7. The second kappa shape index (κ2) is 9.71. The Kier molecular flexibility index (Phi) is 6.57. The van der Waals surface area contributed by atoms with Crippen molar-refractivity contribution in [1.82, 2.24) is 9.78 Å². The third-order valence-electron chi connectivity index (χ3n) is 5.03. The lowest BCUT2D eigenvalue weighted by Gasteiger charge is -2.10. The minimum atomic E-state index is -0.213. The van der Waals surface area contributed by atoms with E-state index in [2.05, 4.69) is 35.5 Å². The molecule has 3 aromatic carbocycles. The lowest BCUT2D eigenvalue weighted by atomic mass is 10.1. The molecular formula is C26H24ClN3O2. The van der Waals surface area contributed by atoms with Crippen LogP contribution in [-0.4, -0.2) is 15.7 Å². The summed E-state index contributed by atoms with van der Waals surface area (Å²) in [5.74, 6) is 1.07. The highest BCUT2D eigenvalue weighted by molar-refractivity contribution is 6.30. The number of nitrogens with zero attached hydrogens (tertiary/aromatic N) is 2. The SMILES string of the molecule is Cc1cccc(Cn2ccc(NC(=O)c3cccc(COc4ccc(Cl)cc4C)c3)n2)c1. The zero-order valence-corrected chi connectivity index (χ0v) is 18.8. The van der Waals surface area contributed by atoms with Gasteiger partial charge in [0.15, 0.2) is 5.82 Å². The van der Waals surface area contributed by atoms with Gasteiger partial charge in [0.1, 0.15) is 12.4 Å². The van der Waals surface area contributed by atoms with Crippen molar-refractivity contribution >= 4 is 23.3 Å². The van der Waals surface area contributed by atoms with Crippen molar-refractivity contribution in [3.63, 3.8) is 0 Å². The Morgan fingerprint density at radius 3 is 2.62 bits per heavy atom. The summed E-state index contributed by atoms with van der Waals surface area (Å²) in [7, 11) is 0. The van der Waals surface area contributed by atoms with Crippen molar-refractivity contribution in [2.75, 3.05) is 5.32 Å². The number of carbonyl (C=O) groups excluding carboxylic acids is 1. The number of benzene rings is 3. The van der Waals surface area contributed by atoms with Gasteiger partial charge in [0.05, 0.1) is 6.54 Å². The van der Waals surface area contributed by atoms with Crippen LogP contribution < -0.4 is 10.1 Å². The fraction of sp³-hybridized carbons (Fsp3) is 0.154. The van der Waals surface area contributed by atoms with Gasteiger partial charge >= 0.3 is 0 Å². The first kappa shape index (κ1) is 21.7. The summed E-state index contributed by atoms with van der Waals surface area (Å²) < 4.78 is 7.70. The molecule has 0 saturated carbocycles. The maximum atomic E-state index is 12.7. The van der Waals surface area contributed by atoms with Crippen LogP contribution in [0.15, 0.2) is 79.0 Å². The third-order valence-corrected chi connectivity index (χ3v) is 5.26. The molecule has 4 rings (SSSR count). The van der Waals surface area contributed by atoms with Gasteiger partial charge in [-0.1, -0.05) is 53.6 Å². The Morgan fingerprint density at radius 2 is 1.81 bits per heavy atom. The molecule has 1 amide bonds. The van der Waals surface area contributed by atoms with Gasteiger partial charge in [-0.25, -0.2) is 0 Å². The Hall–Kier alpha value is -3.57. The molecule has 0 unspecified atom stereocenters. The van der Waals surface area contributed by atoms with Crippen LogP contribution in [0.4, 0.5) is 5.82 Å². The molecule has 32 heavy (non-hydrogen) atoms. The molecule has 0 aliphatic heterocycles. The van der Waals surface area contributed by atoms with E-state index in [1.165, 1.54) is 5.56 Å². The van der Waals surface area contributed by atoms with Crippen LogP contribution in [0, 0.1) is 13.8 Å². The molecule has 162 valence electrons. The molecule has 0 radical (unpaired) electrons. The normalized spacial score (nSPS) is 10.7. The van der Waals surface area contributed by atoms with E-state index in [4.69, 9.17) is 16.3 Å². The van der Waals surface area contributed by atoms with Gasteiger partial charge < -0.3 is 10.1 Å². The lowest BCUT2D eigenvalue weighted by Crippen LogP contribution is -2.13. The number of rotatable bonds is 7. The standard InChI is InChI=1S/C26H24ClN3O2/c1-18-5-3-6-20(13-18)16-30-12-11-25(29-30)28-26(31)22-8-4-7-21(15-22)17-32-24-10-9-23(27)14-19(24)2/h3-15H,16-17H2,1-2H3,(H,28,29,31). The predicted octanol–water partition coefficient (Wildman–Crippen LogP) is 6.03. The predicted molar refractivity (Wildman–Crippen MR) is 127 cm³/mol. The Labute approximate surface area is 192 Å². The summed E-state index contributed by atoms with van der Waals surface area (Å²) >= 11 is 6.00. The molecule has 1 heterocycles. The van der Waals surface area contributed by atoms with Crippen molar-refractivity contribution in [3.05, 3.63) is 112 Å². The quantitative estimate of drug-likeness (QED) is 0.377. The van der Waals surface area contributed by atoms with E-state index >= 15 is 0 Å². The van der Waals surface area contributed by atoms with E-state index in [-0.39, 0.29) is 5.91 Å². The second-order valence-electron chi connectivity index (χ2n) is 7.74. The van der Waals surface area contributed by atoms with Gasteiger partial charge in [-0.3, -0.25) is 9.48 Å². The first-order chi connectivity index (χ1) is 15.5. The molecule has 0 aliphatic carbocycles. The largest absolute Gasteiger partial charge is 0.489 e. The highest BCUT2D eigenvalue weighted by Gasteiger charge is 2.10. The van der Waals surface area contributed by atoms with E-state index in [1.54, 1.807) is 18.2 Å². The number of nitrogens with one attached hydrogen (secondary N) is 1. The number of aromatic nitrogens is 2. The van der Waals surface area contributed by atoms with Crippen molar-refractivity contribution < 1.29 is 9.53 Å². The number of hydrogen-bond acceptors (Lipinski definition) is 3. The molecule has 0 aliphatic rings. The van der Waals surface area contributed by atoms with E-state index in [0.29, 0.717) is 29.6 Å². The average Bonchev–Trinajstić information content (AvgIpc) is 3.20. The number of carbonyl (C=O) groups is 1. The van der Waals surface area contributed by atoms with E-state index < -0.39 is 0 Å². The Morgan fingerprint density at radius 1 is 1.00 bits per heavy atom. The van der Waals surface area contributed by atoms with Crippen molar-refractivity contribution in [3.8, 4) is 5.75 Å². The van der Waals surface area contributed by atoms with Crippen molar-refractivity contribution in [1.29, 1.82) is 0 Å². The Bertz CT molecular complexity index is 1250. The summed E-state index contributed by atoms with van der Waals surface area (Å²) in [6, 6.07) is 23.0. The third kappa shape index (κ3) is 5.56. The van der Waals surface area contributed by atoms with Crippen molar-refractivity contribution in [2.45, 2.75) is 27.0 Å². The number of aryl methyl sites for hydroxylation is 2. The molecule has 6 heteroatoms. The fourth-order valence-electron chi connectivity index (χ4n) is 3.44. The minimum absolute atomic E-state index is 0.213. The van der Waals surface area contributed by atoms with Crippen molar-refractivity contribution in [2.24, 2.45) is 0 Å². The molecular weight excluding hydrogens is 422 g/mol. The van der Waals surface area contributed by atoms with Gasteiger partial charge in [-0.2, -0.15) is 5.10 Å². The molecule has 1 N–H and O–H groups in total. The monoisotopic (exact) mass is 445 g/mol. The lowest BCUT2D eigenvalue weighted by molar-refractivity contribution is 0.102. The number of hydrogen-bond donors (Lipinski definition) is 1. The van der Waals surface area contributed by atoms with Crippen LogP contribution >= 0.6 is 11.6 Å². The first-order valence-electron chi connectivity index (χ1n) is 10.3. The molecule has 5 nitrogen and oxygen atoms in total. The molecule has 0 fully saturated rings. The van der Waals surface area contributed by atoms with E-state index in [0.717, 1.165) is 22.4 Å². The highest BCUT2D eigenvalue weighted by Crippen LogP contribution is 2.23. The first-order valence-corrected chi connectivity index (χ1v) is 10.7. The van der Waals surface area contributed by atoms with E-state index in [1.807, 2.05) is 54.2 Å². The second-order valence-corrected chi connectivity index (χ2v) is 8.18. The zero-order valence-electron chi connectivity index (χ0n) is 18.0. The highest BCUT2D eigenvalue weighted by atomic mass is 35.5. The van der Waals surface area contributed by atoms with Gasteiger partial charge in [0.2, 0.25) is 0 Å². The maximum Gasteiger partial charge on any atom is 0.256 e.